The van der Waals surface area contributed by atoms with Gasteiger partial charge in [0.15, 0.2) is 19.1 Å². The SMILES string of the molecule is CCn1ccn(Cc2cccc(Cn3ccn(CC)c3=S)c2)c1=S.CCn1ccn(Cc2cccc(Cn3ccn(CC)c3=S)c2)c1=S. The molecule has 0 fully saturated rings. The molecule has 0 spiro atoms. The molecule has 0 radical (unpaired) electrons. The van der Waals surface area contributed by atoms with Crippen LogP contribution in [0.15, 0.2) is 98.1 Å². The van der Waals surface area contributed by atoms with Gasteiger partial charge >= 0.3 is 0 Å². The van der Waals surface area contributed by atoms with Gasteiger partial charge in [0.2, 0.25) is 0 Å². The van der Waals surface area contributed by atoms with Crippen molar-refractivity contribution >= 4 is 48.9 Å². The van der Waals surface area contributed by atoms with Crippen molar-refractivity contribution < 1.29 is 0 Å². The summed E-state index contributed by atoms with van der Waals surface area (Å²) in [7, 11) is 0. The van der Waals surface area contributed by atoms with Crippen LogP contribution in [0.3, 0.4) is 0 Å². The van der Waals surface area contributed by atoms with Gasteiger partial charge in [-0.1, -0.05) is 48.5 Å². The maximum absolute atomic E-state index is 5.50. The van der Waals surface area contributed by atoms with Crippen molar-refractivity contribution in [3.63, 3.8) is 0 Å². The summed E-state index contributed by atoms with van der Waals surface area (Å²) in [5, 5.41) is 0. The summed E-state index contributed by atoms with van der Waals surface area (Å²) in [6, 6.07) is 17.2. The van der Waals surface area contributed by atoms with Gasteiger partial charge in [-0.3, -0.25) is 0 Å². The zero-order chi connectivity index (χ0) is 34.2. The Morgan fingerprint density at radius 2 is 0.562 bits per heavy atom. The summed E-state index contributed by atoms with van der Waals surface area (Å²) in [4.78, 5) is 0. The fourth-order valence-electron chi connectivity index (χ4n) is 5.70. The van der Waals surface area contributed by atoms with Crippen LogP contribution in [0.25, 0.3) is 0 Å². The third kappa shape index (κ3) is 8.41. The second-order valence-corrected chi connectivity index (χ2v) is 13.1. The summed E-state index contributed by atoms with van der Waals surface area (Å²) in [6.07, 6.45) is 16.4. The molecule has 2 aromatic carbocycles. The smallest absolute Gasteiger partial charge is 0.180 e. The lowest BCUT2D eigenvalue weighted by atomic mass is 10.1. The van der Waals surface area contributed by atoms with Gasteiger partial charge < -0.3 is 36.5 Å². The zero-order valence-corrected chi connectivity index (χ0v) is 31.4. The molecule has 0 aliphatic heterocycles. The van der Waals surface area contributed by atoms with Gasteiger partial charge in [-0.25, -0.2) is 0 Å². The second-order valence-electron chi connectivity index (χ2n) is 11.6. The molecule has 0 amide bonds. The Morgan fingerprint density at radius 3 is 0.750 bits per heavy atom. The number of hydrogen-bond donors (Lipinski definition) is 0. The van der Waals surface area contributed by atoms with Gasteiger partial charge in [-0.2, -0.15) is 0 Å². The van der Waals surface area contributed by atoms with E-state index in [0.29, 0.717) is 0 Å². The first kappa shape index (κ1) is 35.5. The lowest BCUT2D eigenvalue weighted by Crippen LogP contribution is -2.04. The first-order chi connectivity index (χ1) is 23.2. The number of benzene rings is 2. The number of rotatable bonds is 12. The second kappa shape index (κ2) is 16.5. The first-order valence-electron chi connectivity index (χ1n) is 16.4. The van der Waals surface area contributed by atoms with E-state index in [4.69, 9.17) is 48.9 Å². The van der Waals surface area contributed by atoms with Crippen molar-refractivity contribution in [3.05, 3.63) is 139 Å². The van der Waals surface area contributed by atoms with E-state index >= 15 is 0 Å². The minimum atomic E-state index is 0.793. The van der Waals surface area contributed by atoms with Gasteiger partial charge in [-0.05, 0) is 98.8 Å². The maximum Gasteiger partial charge on any atom is 0.180 e. The summed E-state index contributed by atoms with van der Waals surface area (Å²) < 4.78 is 20.2. The minimum absolute atomic E-state index is 0.793. The normalized spacial score (nSPS) is 11.1. The number of imidazole rings is 4. The standard InChI is InChI=1S/2C18H22N4S2/c2*1-3-19-8-10-21(17(19)23)13-15-6-5-7-16(12-15)14-22-11-9-20(4-2)18(22)24/h2*5-12H,3-4,13-14H2,1-2H3. The number of hydrogen-bond acceptors (Lipinski definition) is 4. The van der Waals surface area contributed by atoms with E-state index in [1.54, 1.807) is 0 Å². The van der Waals surface area contributed by atoms with Gasteiger partial charge in [0.25, 0.3) is 0 Å². The average molecular weight is 717 g/mol. The van der Waals surface area contributed by atoms with E-state index in [9.17, 15) is 0 Å². The van der Waals surface area contributed by atoms with Crippen LogP contribution >= 0.6 is 48.9 Å². The number of aryl methyl sites for hydroxylation is 4. The van der Waals surface area contributed by atoms with Crippen molar-refractivity contribution in [1.29, 1.82) is 0 Å². The van der Waals surface area contributed by atoms with E-state index in [1.165, 1.54) is 22.3 Å². The molecule has 6 aromatic rings. The summed E-state index contributed by atoms with van der Waals surface area (Å²) in [6.45, 7) is 15.2. The Hall–Kier alpha value is -3.84. The lowest BCUT2D eigenvalue weighted by Gasteiger charge is -2.08. The molecular formula is C36H44N8S4. The van der Waals surface area contributed by atoms with Gasteiger partial charge in [0.05, 0.1) is 0 Å². The highest BCUT2D eigenvalue weighted by Gasteiger charge is 2.05. The summed E-state index contributed by atoms with van der Waals surface area (Å²) in [5.74, 6) is 0. The summed E-state index contributed by atoms with van der Waals surface area (Å²) in [5.41, 5.74) is 5.00. The molecule has 12 heteroatoms. The van der Waals surface area contributed by atoms with Crippen LogP contribution in [0.2, 0.25) is 0 Å². The molecule has 0 bridgehead atoms. The highest BCUT2D eigenvalue weighted by molar-refractivity contribution is 7.71. The molecule has 6 rings (SSSR count). The average Bonchev–Trinajstić information content (AvgIpc) is 3.84. The van der Waals surface area contributed by atoms with Crippen molar-refractivity contribution in [2.45, 2.75) is 80.1 Å². The predicted molar refractivity (Wildman–Crippen MR) is 205 cm³/mol. The lowest BCUT2D eigenvalue weighted by molar-refractivity contribution is 0.689. The molecule has 48 heavy (non-hydrogen) atoms. The minimum Gasteiger partial charge on any atom is -0.324 e. The van der Waals surface area contributed by atoms with Gasteiger partial charge in [-0.15, -0.1) is 0 Å². The predicted octanol–water partition coefficient (Wildman–Crippen LogP) is 8.98. The molecule has 0 saturated heterocycles. The Kier molecular flexibility index (Phi) is 12.2. The van der Waals surface area contributed by atoms with Crippen molar-refractivity contribution in [2.75, 3.05) is 0 Å². The highest BCUT2D eigenvalue weighted by atomic mass is 32.1. The zero-order valence-electron chi connectivity index (χ0n) is 28.1. The molecular weight excluding hydrogens is 673 g/mol. The van der Waals surface area contributed by atoms with E-state index in [0.717, 1.165) is 71.4 Å². The molecule has 0 N–H and O–H groups in total. The van der Waals surface area contributed by atoms with Crippen LogP contribution < -0.4 is 0 Å². The molecule has 0 atom stereocenters. The van der Waals surface area contributed by atoms with Crippen LogP contribution in [0.4, 0.5) is 0 Å². The Labute approximate surface area is 303 Å². The Morgan fingerprint density at radius 1 is 0.354 bits per heavy atom. The molecule has 4 aromatic heterocycles. The third-order valence-corrected chi connectivity index (χ3v) is 10.3. The number of nitrogens with zero attached hydrogens (tertiary/aromatic N) is 8. The number of aromatic nitrogens is 8. The fraction of sp³-hybridized carbons (Fsp3) is 0.333. The van der Waals surface area contributed by atoms with Crippen LogP contribution in [0, 0.1) is 19.1 Å². The topological polar surface area (TPSA) is 39.4 Å². The van der Waals surface area contributed by atoms with Crippen LogP contribution in [0.5, 0.6) is 0 Å². The third-order valence-electron chi connectivity index (χ3n) is 8.43. The first-order valence-corrected chi connectivity index (χ1v) is 18.1. The van der Waals surface area contributed by atoms with Crippen molar-refractivity contribution in [2.24, 2.45) is 0 Å². The molecule has 0 unspecified atom stereocenters. The van der Waals surface area contributed by atoms with E-state index in [1.807, 2.05) is 24.8 Å². The van der Waals surface area contributed by atoms with Crippen molar-refractivity contribution in [1.82, 2.24) is 36.5 Å². The van der Waals surface area contributed by atoms with Gasteiger partial charge in [0.1, 0.15) is 0 Å². The Balaban J connectivity index is 0.000000188. The molecule has 0 saturated carbocycles. The molecule has 8 nitrogen and oxygen atoms in total. The summed E-state index contributed by atoms with van der Waals surface area (Å²) >= 11 is 22.0. The van der Waals surface area contributed by atoms with E-state index in [-0.39, 0.29) is 0 Å². The monoisotopic (exact) mass is 716 g/mol. The van der Waals surface area contributed by atoms with E-state index < -0.39 is 0 Å². The largest absolute Gasteiger partial charge is 0.324 e. The van der Waals surface area contributed by atoms with Gasteiger partial charge in [0, 0.05) is 102 Å². The molecule has 252 valence electrons. The fourth-order valence-corrected chi connectivity index (χ4v) is 6.96. The molecule has 4 heterocycles. The maximum atomic E-state index is 5.50. The quantitative estimate of drug-likeness (QED) is 0.119. The van der Waals surface area contributed by atoms with E-state index in [2.05, 4.69) is 138 Å². The van der Waals surface area contributed by atoms with Crippen LogP contribution in [-0.2, 0) is 52.4 Å². The van der Waals surface area contributed by atoms with Crippen LogP contribution in [-0.4, -0.2) is 36.5 Å². The van der Waals surface area contributed by atoms with Crippen LogP contribution in [0.1, 0.15) is 49.9 Å². The molecule has 0 aliphatic rings. The Bertz CT molecular complexity index is 1890. The molecule has 0 aliphatic carbocycles. The van der Waals surface area contributed by atoms with Crippen molar-refractivity contribution in [3.8, 4) is 0 Å². The highest BCUT2D eigenvalue weighted by Crippen LogP contribution is 2.13.